The molecule has 0 aromatic heterocycles. The van der Waals surface area contributed by atoms with Crippen LogP contribution >= 0.6 is 0 Å². The summed E-state index contributed by atoms with van der Waals surface area (Å²) in [6, 6.07) is 0. The van der Waals surface area contributed by atoms with Gasteiger partial charge in [0.05, 0.1) is 0 Å². The van der Waals surface area contributed by atoms with E-state index in [9.17, 15) is 4.79 Å². The van der Waals surface area contributed by atoms with Crippen molar-refractivity contribution in [3.63, 3.8) is 0 Å². The smallest absolute Gasteiger partial charge is 0.120 e. The van der Waals surface area contributed by atoms with Crippen LogP contribution < -0.4 is 0 Å². The van der Waals surface area contributed by atoms with Gasteiger partial charge in [-0.15, -0.1) is 0 Å². The fourth-order valence-electron chi connectivity index (χ4n) is 1.78. The van der Waals surface area contributed by atoms with Crippen LogP contribution in [0.3, 0.4) is 0 Å². The largest absolute Gasteiger partial charge is 0.303 e. The molecule has 11 heavy (non-hydrogen) atoms. The number of carbonyl (C=O) groups is 1. The summed E-state index contributed by atoms with van der Waals surface area (Å²) in [6.07, 6.45) is 5.86. The lowest BCUT2D eigenvalue weighted by atomic mass is 9.90. The van der Waals surface area contributed by atoms with Gasteiger partial charge < -0.3 is 4.79 Å². The van der Waals surface area contributed by atoms with Gasteiger partial charge in [-0.1, -0.05) is 13.8 Å². The van der Waals surface area contributed by atoms with Crippen LogP contribution in [0.15, 0.2) is 0 Å². The molecular formula is C10H18O. The summed E-state index contributed by atoms with van der Waals surface area (Å²) in [7, 11) is 0. The van der Waals surface area contributed by atoms with Gasteiger partial charge in [0.25, 0.3) is 0 Å². The lowest BCUT2D eigenvalue weighted by Crippen LogP contribution is -2.07. The zero-order valence-corrected chi connectivity index (χ0v) is 7.55. The molecule has 64 valence electrons. The Morgan fingerprint density at radius 1 is 1.45 bits per heavy atom. The second-order valence-electron chi connectivity index (χ2n) is 4.13. The number of hydrogen-bond acceptors (Lipinski definition) is 1. The van der Waals surface area contributed by atoms with E-state index >= 15 is 0 Å². The van der Waals surface area contributed by atoms with Crippen LogP contribution in [-0.4, -0.2) is 6.29 Å². The minimum absolute atomic E-state index is 0.701. The number of carbonyl (C=O) groups excluding carboxylic acids is 1. The highest BCUT2D eigenvalue weighted by Crippen LogP contribution is 2.41. The first-order chi connectivity index (χ1) is 5.24. The van der Waals surface area contributed by atoms with Gasteiger partial charge >= 0.3 is 0 Å². The van der Waals surface area contributed by atoms with Crippen LogP contribution in [0.4, 0.5) is 0 Å². The Morgan fingerprint density at radius 3 is 2.45 bits per heavy atom. The molecule has 1 fully saturated rings. The molecule has 0 aromatic carbocycles. The average Bonchev–Trinajstić information content (AvgIpc) is 2.66. The molecule has 1 unspecified atom stereocenters. The van der Waals surface area contributed by atoms with E-state index in [-0.39, 0.29) is 0 Å². The van der Waals surface area contributed by atoms with E-state index in [4.69, 9.17) is 0 Å². The predicted octanol–water partition coefficient (Wildman–Crippen LogP) is 2.65. The Kier molecular flexibility index (Phi) is 3.10. The molecule has 0 aromatic rings. The molecule has 1 heteroatoms. The highest BCUT2D eigenvalue weighted by Gasteiger charge is 2.30. The van der Waals surface area contributed by atoms with E-state index in [1.807, 2.05) is 0 Å². The summed E-state index contributed by atoms with van der Waals surface area (Å²) in [5, 5.41) is 0. The summed E-state index contributed by atoms with van der Waals surface area (Å²) < 4.78 is 0. The van der Waals surface area contributed by atoms with Gasteiger partial charge in [0, 0.05) is 6.42 Å². The maximum absolute atomic E-state index is 10.3. The van der Waals surface area contributed by atoms with Crippen LogP contribution in [0.25, 0.3) is 0 Å². The lowest BCUT2D eigenvalue weighted by Gasteiger charge is -2.14. The van der Waals surface area contributed by atoms with Gasteiger partial charge in [0.15, 0.2) is 0 Å². The summed E-state index contributed by atoms with van der Waals surface area (Å²) in [5.41, 5.74) is 0. The van der Waals surface area contributed by atoms with Crippen molar-refractivity contribution in [2.75, 3.05) is 0 Å². The maximum Gasteiger partial charge on any atom is 0.120 e. The molecule has 0 radical (unpaired) electrons. The first-order valence-electron chi connectivity index (χ1n) is 4.67. The number of aldehydes is 1. The molecule has 0 saturated heterocycles. The standard InChI is InChI=1S/C10H18O/c1-8(2)7-10(5-6-11)9-3-4-9/h6,8-10H,3-5,7H2,1-2H3. The van der Waals surface area contributed by atoms with Crippen molar-refractivity contribution in [2.24, 2.45) is 17.8 Å². The van der Waals surface area contributed by atoms with E-state index in [0.29, 0.717) is 5.92 Å². The molecule has 0 spiro atoms. The lowest BCUT2D eigenvalue weighted by molar-refractivity contribution is -0.108. The van der Waals surface area contributed by atoms with Gasteiger partial charge in [-0.3, -0.25) is 0 Å². The molecule has 0 bridgehead atoms. The molecule has 1 rings (SSSR count). The molecule has 1 saturated carbocycles. The van der Waals surface area contributed by atoms with Gasteiger partial charge in [-0.25, -0.2) is 0 Å². The van der Waals surface area contributed by atoms with Crippen LogP contribution in [0.5, 0.6) is 0 Å². The van der Waals surface area contributed by atoms with Crippen molar-refractivity contribution in [1.29, 1.82) is 0 Å². The van der Waals surface area contributed by atoms with Crippen molar-refractivity contribution in [2.45, 2.75) is 39.5 Å². The summed E-state index contributed by atoms with van der Waals surface area (Å²) in [4.78, 5) is 10.3. The van der Waals surface area contributed by atoms with E-state index < -0.39 is 0 Å². The highest BCUT2D eigenvalue weighted by molar-refractivity contribution is 5.49. The third-order valence-corrected chi connectivity index (χ3v) is 2.46. The molecule has 0 amide bonds. The zero-order chi connectivity index (χ0) is 8.27. The Morgan fingerprint density at radius 2 is 2.09 bits per heavy atom. The Labute approximate surface area is 69.2 Å². The van der Waals surface area contributed by atoms with Crippen molar-refractivity contribution in [3.05, 3.63) is 0 Å². The van der Waals surface area contributed by atoms with Crippen LogP contribution in [0.1, 0.15) is 39.5 Å². The van der Waals surface area contributed by atoms with Gasteiger partial charge in [-0.2, -0.15) is 0 Å². The molecule has 0 N–H and O–H groups in total. The average molecular weight is 154 g/mol. The molecule has 1 atom stereocenters. The predicted molar refractivity (Wildman–Crippen MR) is 46.4 cm³/mol. The highest BCUT2D eigenvalue weighted by atomic mass is 16.1. The monoisotopic (exact) mass is 154 g/mol. The maximum atomic E-state index is 10.3. The van der Waals surface area contributed by atoms with Gasteiger partial charge in [0.1, 0.15) is 6.29 Å². The minimum Gasteiger partial charge on any atom is -0.303 e. The molecule has 1 aliphatic rings. The number of rotatable bonds is 5. The van der Waals surface area contributed by atoms with Crippen molar-refractivity contribution in [3.8, 4) is 0 Å². The van der Waals surface area contributed by atoms with Crippen LogP contribution in [0, 0.1) is 17.8 Å². The summed E-state index contributed by atoms with van der Waals surface area (Å²) in [6.45, 7) is 4.47. The summed E-state index contributed by atoms with van der Waals surface area (Å²) in [5.74, 6) is 2.34. The number of hydrogen-bond donors (Lipinski definition) is 0. The van der Waals surface area contributed by atoms with Crippen LogP contribution in [-0.2, 0) is 4.79 Å². The molecular weight excluding hydrogens is 136 g/mol. The molecule has 0 aliphatic heterocycles. The van der Waals surface area contributed by atoms with E-state index in [2.05, 4.69) is 13.8 Å². The zero-order valence-electron chi connectivity index (χ0n) is 7.55. The van der Waals surface area contributed by atoms with Gasteiger partial charge in [-0.05, 0) is 37.0 Å². The topological polar surface area (TPSA) is 17.1 Å². The Hall–Kier alpha value is -0.330. The van der Waals surface area contributed by atoms with E-state index in [1.54, 1.807) is 0 Å². The quantitative estimate of drug-likeness (QED) is 0.556. The van der Waals surface area contributed by atoms with E-state index in [1.165, 1.54) is 19.3 Å². The fourth-order valence-corrected chi connectivity index (χ4v) is 1.78. The first-order valence-corrected chi connectivity index (χ1v) is 4.67. The van der Waals surface area contributed by atoms with Crippen molar-refractivity contribution >= 4 is 6.29 Å². The van der Waals surface area contributed by atoms with E-state index in [0.717, 1.165) is 24.5 Å². The second kappa shape index (κ2) is 3.89. The Bertz CT molecular complexity index is 125. The Balaban J connectivity index is 2.25. The summed E-state index contributed by atoms with van der Waals surface area (Å²) >= 11 is 0. The molecule has 1 aliphatic carbocycles. The van der Waals surface area contributed by atoms with Crippen LogP contribution in [0.2, 0.25) is 0 Å². The first kappa shape index (κ1) is 8.76. The van der Waals surface area contributed by atoms with Crippen molar-refractivity contribution in [1.82, 2.24) is 0 Å². The molecule has 1 nitrogen and oxygen atoms in total. The third kappa shape index (κ3) is 3.04. The molecule has 0 heterocycles. The fraction of sp³-hybridized carbons (Fsp3) is 0.900. The minimum atomic E-state index is 0.701. The van der Waals surface area contributed by atoms with Gasteiger partial charge in [0.2, 0.25) is 0 Å². The second-order valence-corrected chi connectivity index (χ2v) is 4.13. The SMILES string of the molecule is CC(C)CC(CC=O)C1CC1. The third-order valence-electron chi connectivity index (χ3n) is 2.46. The normalized spacial score (nSPS) is 20.3. The van der Waals surface area contributed by atoms with Crippen molar-refractivity contribution < 1.29 is 4.79 Å².